The van der Waals surface area contributed by atoms with Crippen LogP contribution in [0.5, 0.6) is 0 Å². The maximum Gasteiger partial charge on any atom is 0.128 e. The summed E-state index contributed by atoms with van der Waals surface area (Å²) in [6.07, 6.45) is 0.343. The van der Waals surface area contributed by atoms with E-state index in [4.69, 9.17) is 0 Å². The van der Waals surface area contributed by atoms with Gasteiger partial charge in [-0.3, -0.25) is 0 Å². The van der Waals surface area contributed by atoms with Gasteiger partial charge in [-0.05, 0) is 26.0 Å². The first-order valence-corrected chi connectivity index (χ1v) is 7.28. The van der Waals surface area contributed by atoms with Crippen molar-refractivity contribution in [2.75, 3.05) is 37.6 Å². The molecule has 1 atom stereocenters. The average molecular weight is 263 g/mol. The number of hydrogen-bond donors (Lipinski definition) is 1. The highest BCUT2D eigenvalue weighted by atomic mass is 16.3. The molecule has 0 aliphatic carbocycles. The second-order valence-electron chi connectivity index (χ2n) is 5.19. The van der Waals surface area contributed by atoms with E-state index in [2.05, 4.69) is 21.7 Å². The van der Waals surface area contributed by atoms with Gasteiger partial charge in [-0.15, -0.1) is 0 Å². The second kappa shape index (κ2) is 6.35. The highest BCUT2D eigenvalue weighted by Gasteiger charge is 2.18. The number of aliphatic hydroxyl groups excluding tert-OH is 1. The molecule has 0 spiro atoms. The molecular formula is C15H25N3O. The van der Waals surface area contributed by atoms with Gasteiger partial charge in [0.2, 0.25) is 0 Å². The molecule has 1 aromatic rings. The van der Waals surface area contributed by atoms with Crippen molar-refractivity contribution < 1.29 is 5.11 Å². The Labute approximate surface area is 116 Å². The minimum atomic E-state index is -0.390. The molecule has 1 aliphatic heterocycles. The minimum Gasteiger partial charge on any atom is -0.388 e. The van der Waals surface area contributed by atoms with Crippen LogP contribution in [0.2, 0.25) is 0 Å². The van der Waals surface area contributed by atoms with Gasteiger partial charge < -0.3 is 14.9 Å². The van der Waals surface area contributed by atoms with Crippen molar-refractivity contribution >= 4 is 5.82 Å². The molecule has 0 unspecified atom stereocenters. The normalized spacial score (nSPS) is 18.6. The lowest BCUT2D eigenvalue weighted by Gasteiger charge is -2.35. The molecule has 2 rings (SSSR count). The summed E-state index contributed by atoms with van der Waals surface area (Å²) in [5.74, 6) is 1.04. The van der Waals surface area contributed by atoms with Crippen molar-refractivity contribution in [3.05, 3.63) is 23.4 Å². The zero-order chi connectivity index (χ0) is 13.8. The molecule has 0 amide bonds. The molecule has 1 saturated heterocycles. The Morgan fingerprint density at radius 3 is 2.42 bits per heavy atom. The van der Waals surface area contributed by atoms with Gasteiger partial charge in [-0.25, -0.2) is 4.98 Å². The lowest BCUT2D eigenvalue weighted by atomic mass is 10.1. The number of pyridine rings is 1. The van der Waals surface area contributed by atoms with E-state index in [9.17, 15) is 5.11 Å². The molecule has 4 heteroatoms. The predicted molar refractivity (Wildman–Crippen MR) is 78.6 cm³/mol. The minimum absolute atomic E-state index is 0.390. The standard InChI is InChI=1S/C15H25N3O/c1-4-14(19)13-6-7-15(16-12(13)3)18-10-8-17(5-2)9-11-18/h6-7,14,19H,4-5,8-11H2,1-3H3/t14-/m1/s1. The van der Waals surface area contributed by atoms with E-state index in [-0.39, 0.29) is 0 Å². The predicted octanol–water partition coefficient (Wildman–Crippen LogP) is 1.98. The molecule has 1 aromatic heterocycles. The second-order valence-corrected chi connectivity index (χ2v) is 5.19. The van der Waals surface area contributed by atoms with Crippen LogP contribution < -0.4 is 4.90 Å². The number of rotatable bonds is 4. The van der Waals surface area contributed by atoms with E-state index in [0.717, 1.165) is 56.2 Å². The van der Waals surface area contributed by atoms with E-state index < -0.39 is 6.10 Å². The van der Waals surface area contributed by atoms with Crippen molar-refractivity contribution in [2.24, 2.45) is 0 Å². The molecule has 1 fully saturated rings. The van der Waals surface area contributed by atoms with Crippen LogP contribution in [0.15, 0.2) is 12.1 Å². The zero-order valence-electron chi connectivity index (χ0n) is 12.3. The van der Waals surface area contributed by atoms with Crippen molar-refractivity contribution in [1.29, 1.82) is 0 Å². The molecule has 4 nitrogen and oxygen atoms in total. The van der Waals surface area contributed by atoms with Crippen LogP contribution in [0.1, 0.15) is 37.6 Å². The number of piperazine rings is 1. The average Bonchev–Trinajstić information content (AvgIpc) is 2.46. The Kier molecular flexibility index (Phi) is 4.77. The van der Waals surface area contributed by atoms with Crippen LogP contribution in [-0.4, -0.2) is 47.7 Å². The molecule has 0 radical (unpaired) electrons. The fourth-order valence-corrected chi connectivity index (χ4v) is 2.60. The van der Waals surface area contributed by atoms with Crippen LogP contribution in [0, 0.1) is 6.92 Å². The fourth-order valence-electron chi connectivity index (χ4n) is 2.60. The largest absolute Gasteiger partial charge is 0.388 e. The van der Waals surface area contributed by atoms with E-state index in [1.165, 1.54) is 0 Å². The summed E-state index contributed by atoms with van der Waals surface area (Å²) >= 11 is 0. The van der Waals surface area contributed by atoms with E-state index in [1.807, 2.05) is 26.0 Å². The number of nitrogens with zero attached hydrogens (tertiary/aromatic N) is 3. The van der Waals surface area contributed by atoms with Crippen molar-refractivity contribution in [2.45, 2.75) is 33.3 Å². The van der Waals surface area contributed by atoms with Crippen molar-refractivity contribution in [3.8, 4) is 0 Å². The Bertz CT molecular complexity index is 414. The number of aromatic nitrogens is 1. The number of anilines is 1. The van der Waals surface area contributed by atoms with Crippen molar-refractivity contribution in [1.82, 2.24) is 9.88 Å². The van der Waals surface area contributed by atoms with Crippen LogP contribution >= 0.6 is 0 Å². The van der Waals surface area contributed by atoms with Gasteiger partial charge >= 0.3 is 0 Å². The summed E-state index contributed by atoms with van der Waals surface area (Å²) in [5.41, 5.74) is 1.91. The summed E-state index contributed by atoms with van der Waals surface area (Å²) in [6, 6.07) is 4.07. The third-order valence-corrected chi connectivity index (χ3v) is 4.00. The molecule has 0 bridgehead atoms. The molecule has 106 valence electrons. The number of aliphatic hydroxyl groups is 1. The zero-order valence-corrected chi connectivity index (χ0v) is 12.3. The summed E-state index contributed by atoms with van der Waals surface area (Å²) in [7, 11) is 0. The van der Waals surface area contributed by atoms with Gasteiger partial charge in [0.1, 0.15) is 5.82 Å². The van der Waals surface area contributed by atoms with Gasteiger partial charge in [0.25, 0.3) is 0 Å². The van der Waals surface area contributed by atoms with Crippen LogP contribution in [0.25, 0.3) is 0 Å². The van der Waals surface area contributed by atoms with E-state index >= 15 is 0 Å². The van der Waals surface area contributed by atoms with Gasteiger partial charge in [-0.1, -0.05) is 19.9 Å². The maximum absolute atomic E-state index is 9.92. The summed E-state index contributed by atoms with van der Waals surface area (Å²) in [4.78, 5) is 9.46. The molecule has 1 N–H and O–H groups in total. The highest BCUT2D eigenvalue weighted by Crippen LogP contribution is 2.22. The van der Waals surface area contributed by atoms with Gasteiger partial charge in [0.05, 0.1) is 6.10 Å². The molecule has 0 saturated carbocycles. The van der Waals surface area contributed by atoms with Crippen molar-refractivity contribution in [3.63, 3.8) is 0 Å². The summed E-state index contributed by atoms with van der Waals surface area (Å²) < 4.78 is 0. The van der Waals surface area contributed by atoms with Gasteiger partial charge in [0.15, 0.2) is 0 Å². The Morgan fingerprint density at radius 2 is 1.89 bits per heavy atom. The monoisotopic (exact) mass is 263 g/mol. The lowest BCUT2D eigenvalue weighted by Crippen LogP contribution is -2.46. The first-order chi connectivity index (χ1) is 9.15. The quantitative estimate of drug-likeness (QED) is 0.901. The molecule has 2 heterocycles. The van der Waals surface area contributed by atoms with Crippen LogP contribution in [-0.2, 0) is 0 Å². The Morgan fingerprint density at radius 1 is 1.21 bits per heavy atom. The Balaban J connectivity index is 2.08. The third-order valence-electron chi connectivity index (χ3n) is 4.00. The van der Waals surface area contributed by atoms with Crippen LogP contribution in [0.3, 0.4) is 0 Å². The first-order valence-electron chi connectivity index (χ1n) is 7.28. The number of hydrogen-bond acceptors (Lipinski definition) is 4. The first kappa shape index (κ1) is 14.3. The lowest BCUT2D eigenvalue weighted by molar-refractivity contribution is 0.172. The fraction of sp³-hybridized carbons (Fsp3) is 0.667. The smallest absolute Gasteiger partial charge is 0.128 e. The highest BCUT2D eigenvalue weighted by molar-refractivity contribution is 5.42. The van der Waals surface area contributed by atoms with E-state index in [0.29, 0.717) is 0 Å². The molecule has 0 aromatic carbocycles. The Hall–Kier alpha value is -1.13. The van der Waals surface area contributed by atoms with Gasteiger partial charge in [0, 0.05) is 37.4 Å². The molecular weight excluding hydrogens is 238 g/mol. The summed E-state index contributed by atoms with van der Waals surface area (Å²) in [5, 5.41) is 9.92. The van der Waals surface area contributed by atoms with Gasteiger partial charge in [-0.2, -0.15) is 0 Å². The SMILES string of the molecule is CC[C@@H](O)c1ccc(N2CCN(CC)CC2)nc1C. The topological polar surface area (TPSA) is 39.6 Å². The third kappa shape index (κ3) is 3.25. The summed E-state index contributed by atoms with van der Waals surface area (Å²) in [6.45, 7) is 11.6. The van der Waals surface area contributed by atoms with E-state index in [1.54, 1.807) is 0 Å². The van der Waals surface area contributed by atoms with Crippen LogP contribution in [0.4, 0.5) is 5.82 Å². The number of likely N-dealkylation sites (N-methyl/N-ethyl adjacent to an activating group) is 1. The molecule has 1 aliphatic rings. The molecule has 19 heavy (non-hydrogen) atoms. The maximum atomic E-state index is 9.92. The number of aryl methyl sites for hydroxylation is 1.